The van der Waals surface area contributed by atoms with Crippen LogP contribution in [0, 0.1) is 0 Å². The summed E-state index contributed by atoms with van der Waals surface area (Å²) in [5.41, 5.74) is 2.24. The van der Waals surface area contributed by atoms with E-state index in [-0.39, 0.29) is 6.03 Å². The van der Waals surface area contributed by atoms with E-state index in [1.807, 2.05) is 6.07 Å². The molecule has 3 heterocycles. The standard InChI is InChI=1S/C22H30N4O2/c27-22-23-16-18(26(22)17-4-1-2-5-17)8-10-24-11-13-25(14-12-24)20-6-3-7-21-19(20)9-15-28-21/h3,6-7,9,15,17-18H,1-2,4-5,8,10-14,16H2,(H,23,27). The fraction of sp³-hybridized carbons (Fsp3) is 0.591. The van der Waals surface area contributed by atoms with Crippen LogP contribution in [0.15, 0.2) is 34.9 Å². The van der Waals surface area contributed by atoms with Gasteiger partial charge in [0.25, 0.3) is 0 Å². The number of nitrogens with zero attached hydrogens (tertiary/aromatic N) is 3. The molecule has 2 amide bonds. The molecule has 28 heavy (non-hydrogen) atoms. The minimum Gasteiger partial charge on any atom is -0.464 e. The van der Waals surface area contributed by atoms with Crippen molar-refractivity contribution in [3.8, 4) is 0 Å². The number of nitrogens with one attached hydrogen (secondary N) is 1. The fourth-order valence-corrected chi connectivity index (χ4v) is 5.25. The molecule has 0 spiro atoms. The minimum atomic E-state index is 0.162. The second-order valence-corrected chi connectivity index (χ2v) is 8.41. The van der Waals surface area contributed by atoms with E-state index in [1.54, 1.807) is 6.26 Å². The molecule has 150 valence electrons. The molecule has 0 radical (unpaired) electrons. The van der Waals surface area contributed by atoms with Crippen molar-refractivity contribution in [2.45, 2.75) is 44.2 Å². The number of hydrogen-bond acceptors (Lipinski definition) is 4. The topological polar surface area (TPSA) is 52.0 Å². The lowest BCUT2D eigenvalue weighted by Crippen LogP contribution is -2.48. The van der Waals surface area contributed by atoms with E-state index in [1.165, 1.54) is 36.8 Å². The van der Waals surface area contributed by atoms with Crippen LogP contribution in [0.1, 0.15) is 32.1 Å². The number of piperazine rings is 1. The molecule has 1 N–H and O–H groups in total. The monoisotopic (exact) mass is 382 g/mol. The van der Waals surface area contributed by atoms with Gasteiger partial charge in [-0.3, -0.25) is 4.90 Å². The number of anilines is 1. The van der Waals surface area contributed by atoms with Gasteiger partial charge in [0.15, 0.2) is 0 Å². The van der Waals surface area contributed by atoms with Crippen LogP contribution in [0.2, 0.25) is 0 Å². The first-order chi connectivity index (χ1) is 13.8. The molecule has 1 aromatic heterocycles. The van der Waals surface area contributed by atoms with Gasteiger partial charge >= 0.3 is 6.03 Å². The maximum atomic E-state index is 12.3. The number of fused-ring (bicyclic) bond motifs is 1. The number of furan rings is 1. The molecule has 1 unspecified atom stereocenters. The highest BCUT2D eigenvalue weighted by atomic mass is 16.3. The Bertz CT molecular complexity index is 821. The van der Waals surface area contributed by atoms with Gasteiger partial charge in [-0.2, -0.15) is 0 Å². The van der Waals surface area contributed by atoms with Crippen LogP contribution >= 0.6 is 0 Å². The zero-order valence-corrected chi connectivity index (χ0v) is 16.5. The third-order valence-corrected chi connectivity index (χ3v) is 6.80. The van der Waals surface area contributed by atoms with E-state index in [0.717, 1.165) is 51.3 Å². The van der Waals surface area contributed by atoms with Gasteiger partial charge in [-0.05, 0) is 37.5 Å². The SMILES string of the molecule is O=C1NCC(CCN2CCN(c3cccc4occc34)CC2)N1C1CCCC1. The lowest BCUT2D eigenvalue weighted by molar-refractivity contribution is 0.161. The van der Waals surface area contributed by atoms with Gasteiger partial charge in [0.2, 0.25) is 0 Å². The van der Waals surface area contributed by atoms with Gasteiger partial charge in [0.1, 0.15) is 5.58 Å². The summed E-state index contributed by atoms with van der Waals surface area (Å²) in [6.07, 6.45) is 7.76. The summed E-state index contributed by atoms with van der Waals surface area (Å²) in [7, 11) is 0. The van der Waals surface area contributed by atoms with E-state index in [9.17, 15) is 4.79 Å². The molecule has 1 aromatic carbocycles. The molecule has 2 aliphatic heterocycles. The van der Waals surface area contributed by atoms with Gasteiger partial charge in [0, 0.05) is 56.4 Å². The number of carbonyl (C=O) groups excluding carboxylic acids is 1. The van der Waals surface area contributed by atoms with Crippen molar-refractivity contribution < 1.29 is 9.21 Å². The van der Waals surface area contributed by atoms with E-state index >= 15 is 0 Å². The molecular weight excluding hydrogens is 352 g/mol. The molecule has 1 atom stereocenters. The largest absolute Gasteiger partial charge is 0.464 e. The Hall–Kier alpha value is -2.21. The van der Waals surface area contributed by atoms with E-state index in [4.69, 9.17) is 4.42 Å². The van der Waals surface area contributed by atoms with Gasteiger partial charge in [0.05, 0.1) is 12.3 Å². The molecule has 5 rings (SSSR count). The van der Waals surface area contributed by atoms with Gasteiger partial charge in [-0.1, -0.05) is 18.9 Å². The van der Waals surface area contributed by atoms with E-state index in [2.05, 4.69) is 38.2 Å². The number of amides is 2. The van der Waals surface area contributed by atoms with Crippen molar-refractivity contribution in [2.75, 3.05) is 44.2 Å². The Labute approximate surface area is 166 Å². The Kier molecular flexibility index (Phi) is 4.89. The van der Waals surface area contributed by atoms with Crippen molar-refractivity contribution in [2.24, 2.45) is 0 Å². The minimum absolute atomic E-state index is 0.162. The zero-order valence-electron chi connectivity index (χ0n) is 16.5. The molecule has 1 aliphatic carbocycles. The molecule has 2 saturated heterocycles. The predicted molar refractivity (Wildman–Crippen MR) is 111 cm³/mol. The smallest absolute Gasteiger partial charge is 0.318 e. The summed E-state index contributed by atoms with van der Waals surface area (Å²) in [6, 6.07) is 9.38. The van der Waals surface area contributed by atoms with Crippen LogP contribution in [0.4, 0.5) is 10.5 Å². The maximum Gasteiger partial charge on any atom is 0.318 e. The number of benzene rings is 1. The fourth-order valence-electron chi connectivity index (χ4n) is 5.25. The van der Waals surface area contributed by atoms with E-state index in [0.29, 0.717) is 12.1 Å². The first-order valence-electron chi connectivity index (χ1n) is 10.8. The van der Waals surface area contributed by atoms with Crippen LogP contribution in [0.25, 0.3) is 11.0 Å². The Morgan fingerprint density at radius 2 is 1.89 bits per heavy atom. The summed E-state index contributed by atoms with van der Waals surface area (Å²) in [5.74, 6) is 0. The summed E-state index contributed by atoms with van der Waals surface area (Å²) in [5, 5.41) is 4.29. The first kappa shape index (κ1) is 17.9. The summed E-state index contributed by atoms with van der Waals surface area (Å²) >= 11 is 0. The lowest BCUT2D eigenvalue weighted by Gasteiger charge is -2.37. The third kappa shape index (κ3) is 3.34. The predicted octanol–water partition coefficient (Wildman–Crippen LogP) is 3.28. The second-order valence-electron chi connectivity index (χ2n) is 8.41. The number of carbonyl (C=O) groups is 1. The molecule has 1 saturated carbocycles. The molecule has 3 aliphatic rings. The third-order valence-electron chi connectivity index (χ3n) is 6.80. The van der Waals surface area contributed by atoms with Crippen LogP contribution in [-0.2, 0) is 0 Å². The number of hydrogen-bond donors (Lipinski definition) is 1. The molecule has 6 nitrogen and oxygen atoms in total. The summed E-state index contributed by atoms with van der Waals surface area (Å²) in [4.78, 5) is 19.5. The van der Waals surface area contributed by atoms with Crippen molar-refractivity contribution in [1.29, 1.82) is 0 Å². The average molecular weight is 383 g/mol. The second kappa shape index (κ2) is 7.66. The Morgan fingerprint density at radius 1 is 1.07 bits per heavy atom. The van der Waals surface area contributed by atoms with E-state index < -0.39 is 0 Å². The quantitative estimate of drug-likeness (QED) is 0.862. The number of urea groups is 1. The highest BCUT2D eigenvalue weighted by Gasteiger charge is 2.37. The van der Waals surface area contributed by atoms with Crippen molar-refractivity contribution in [1.82, 2.24) is 15.1 Å². The number of rotatable bonds is 5. The highest BCUT2D eigenvalue weighted by molar-refractivity contribution is 5.91. The van der Waals surface area contributed by atoms with Crippen molar-refractivity contribution in [3.05, 3.63) is 30.5 Å². The lowest BCUT2D eigenvalue weighted by atomic mass is 10.1. The van der Waals surface area contributed by atoms with Gasteiger partial charge in [-0.25, -0.2) is 4.79 Å². The molecule has 3 fully saturated rings. The first-order valence-corrected chi connectivity index (χ1v) is 10.8. The van der Waals surface area contributed by atoms with Crippen LogP contribution < -0.4 is 10.2 Å². The van der Waals surface area contributed by atoms with Gasteiger partial charge in [-0.15, -0.1) is 0 Å². The Balaban J connectivity index is 1.16. The molecular formula is C22H30N4O2. The molecule has 2 aromatic rings. The van der Waals surface area contributed by atoms with Crippen LogP contribution in [-0.4, -0.2) is 67.2 Å². The van der Waals surface area contributed by atoms with Gasteiger partial charge < -0.3 is 19.5 Å². The highest BCUT2D eigenvalue weighted by Crippen LogP contribution is 2.30. The average Bonchev–Trinajstić information content (AvgIpc) is 3.47. The van der Waals surface area contributed by atoms with Crippen molar-refractivity contribution in [3.63, 3.8) is 0 Å². The van der Waals surface area contributed by atoms with Crippen molar-refractivity contribution >= 4 is 22.7 Å². The summed E-state index contributed by atoms with van der Waals surface area (Å²) in [6.45, 7) is 6.12. The molecule has 6 heteroatoms. The normalized spacial score (nSPS) is 24.4. The van der Waals surface area contributed by atoms with Crippen LogP contribution in [0.3, 0.4) is 0 Å². The molecule has 0 bridgehead atoms. The maximum absolute atomic E-state index is 12.3. The summed E-state index contributed by atoms with van der Waals surface area (Å²) < 4.78 is 5.55. The zero-order chi connectivity index (χ0) is 18.9. The Morgan fingerprint density at radius 3 is 2.71 bits per heavy atom. The van der Waals surface area contributed by atoms with Crippen LogP contribution in [0.5, 0.6) is 0 Å².